The number of aliphatic carboxylic acids is 1. The van der Waals surface area contributed by atoms with E-state index in [1.54, 1.807) is 6.92 Å². The lowest BCUT2D eigenvalue weighted by Crippen LogP contribution is -2.51. The van der Waals surface area contributed by atoms with Crippen molar-refractivity contribution in [1.29, 1.82) is 0 Å². The molecule has 1 aromatic heterocycles. The number of alkyl halides is 2. The second-order valence-corrected chi connectivity index (χ2v) is 4.85. The van der Waals surface area contributed by atoms with Gasteiger partial charge in [-0.1, -0.05) is 0 Å². The molecule has 8 heteroatoms. The average Bonchev–Trinajstić information content (AvgIpc) is 2.87. The van der Waals surface area contributed by atoms with Gasteiger partial charge in [-0.05, 0) is 6.92 Å². The van der Waals surface area contributed by atoms with E-state index in [0.29, 0.717) is 38.5 Å². The third-order valence-electron chi connectivity index (χ3n) is 3.64. The number of piperazine rings is 1. The molecule has 1 atom stereocenters. The lowest BCUT2D eigenvalue weighted by atomic mass is 10.2. The van der Waals surface area contributed by atoms with Crippen molar-refractivity contribution >= 4 is 5.97 Å². The number of carboxylic acid groups (broad SMARTS) is 1. The molecule has 112 valence electrons. The molecule has 2 heterocycles. The van der Waals surface area contributed by atoms with Crippen molar-refractivity contribution in [2.45, 2.75) is 26.1 Å². The van der Waals surface area contributed by atoms with Crippen LogP contribution in [0.1, 0.15) is 19.3 Å². The van der Waals surface area contributed by atoms with Gasteiger partial charge in [-0.3, -0.25) is 19.2 Å². The van der Waals surface area contributed by atoms with Gasteiger partial charge in [0.2, 0.25) is 0 Å². The summed E-state index contributed by atoms with van der Waals surface area (Å²) in [5, 5.41) is 8.95. The minimum atomic E-state index is -2.58. The van der Waals surface area contributed by atoms with Crippen molar-refractivity contribution < 1.29 is 18.7 Å². The van der Waals surface area contributed by atoms with Crippen LogP contribution in [0.3, 0.4) is 0 Å². The maximum Gasteiger partial charge on any atom is 0.320 e. The summed E-state index contributed by atoms with van der Waals surface area (Å²) < 4.78 is 26.3. The standard InChI is InChI=1S/C12H18F2N4O2/c1-9(11(19)20)17-6-4-16(5-7-17)8-10-15-2-3-18(10)12(13)14/h2-3,9,12H,4-8H2,1H3,(H,19,20). The molecule has 0 bridgehead atoms. The van der Waals surface area contributed by atoms with Gasteiger partial charge in [0.05, 0.1) is 6.54 Å². The van der Waals surface area contributed by atoms with Gasteiger partial charge in [-0.2, -0.15) is 8.78 Å². The highest BCUT2D eigenvalue weighted by atomic mass is 19.3. The molecule has 1 aliphatic rings. The normalized spacial score (nSPS) is 19.4. The molecule has 1 fully saturated rings. The predicted molar refractivity (Wildman–Crippen MR) is 67.4 cm³/mol. The second kappa shape index (κ2) is 6.27. The summed E-state index contributed by atoms with van der Waals surface area (Å²) in [6.07, 6.45) is 2.63. The van der Waals surface area contributed by atoms with Crippen LogP contribution in [0.25, 0.3) is 0 Å². The fraction of sp³-hybridized carbons (Fsp3) is 0.667. The molecule has 1 aliphatic heterocycles. The first-order valence-electron chi connectivity index (χ1n) is 6.48. The molecular weight excluding hydrogens is 270 g/mol. The van der Waals surface area contributed by atoms with E-state index in [2.05, 4.69) is 4.98 Å². The first-order valence-corrected chi connectivity index (χ1v) is 6.48. The Morgan fingerprint density at radius 1 is 1.40 bits per heavy atom. The van der Waals surface area contributed by atoms with Crippen LogP contribution in [-0.2, 0) is 11.3 Å². The maximum absolute atomic E-state index is 12.7. The molecule has 0 spiro atoms. The van der Waals surface area contributed by atoms with E-state index in [4.69, 9.17) is 5.11 Å². The summed E-state index contributed by atoms with van der Waals surface area (Å²) in [4.78, 5) is 18.7. The molecule has 1 N–H and O–H groups in total. The number of hydrogen-bond acceptors (Lipinski definition) is 4. The van der Waals surface area contributed by atoms with E-state index in [1.807, 2.05) is 9.80 Å². The topological polar surface area (TPSA) is 61.6 Å². The third kappa shape index (κ3) is 3.31. The maximum atomic E-state index is 12.7. The molecule has 1 unspecified atom stereocenters. The number of carboxylic acids is 1. The van der Waals surface area contributed by atoms with Crippen molar-refractivity contribution in [2.75, 3.05) is 26.2 Å². The third-order valence-corrected chi connectivity index (χ3v) is 3.64. The Kier molecular flexibility index (Phi) is 4.66. The quantitative estimate of drug-likeness (QED) is 0.871. The van der Waals surface area contributed by atoms with Crippen molar-refractivity contribution in [3.05, 3.63) is 18.2 Å². The first-order chi connectivity index (χ1) is 9.49. The summed E-state index contributed by atoms with van der Waals surface area (Å²) in [6, 6.07) is -0.514. The van der Waals surface area contributed by atoms with Crippen LogP contribution in [0.2, 0.25) is 0 Å². The average molecular weight is 288 g/mol. The number of halogens is 2. The van der Waals surface area contributed by atoms with Gasteiger partial charge in [0.1, 0.15) is 11.9 Å². The zero-order valence-electron chi connectivity index (χ0n) is 11.2. The van der Waals surface area contributed by atoms with Gasteiger partial charge in [-0.25, -0.2) is 4.98 Å². The van der Waals surface area contributed by atoms with E-state index >= 15 is 0 Å². The molecule has 20 heavy (non-hydrogen) atoms. The number of imidazole rings is 1. The van der Waals surface area contributed by atoms with Crippen LogP contribution >= 0.6 is 0 Å². The fourth-order valence-corrected chi connectivity index (χ4v) is 2.31. The molecule has 0 amide bonds. The SMILES string of the molecule is CC(C(=O)O)N1CCN(Cc2nccn2C(F)F)CC1. The molecule has 2 rings (SSSR count). The number of nitrogens with zero attached hydrogens (tertiary/aromatic N) is 4. The van der Waals surface area contributed by atoms with Crippen molar-refractivity contribution in [3.8, 4) is 0 Å². The summed E-state index contributed by atoms with van der Waals surface area (Å²) >= 11 is 0. The molecule has 0 aromatic carbocycles. The van der Waals surface area contributed by atoms with Crippen molar-refractivity contribution in [1.82, 2.24) is 19.4 Å². The molecule has 6 nitrogen and oxygen atoms in total. The van der Waals surface area contributed by atoms with E-state index in [9.17, 15) is 13.6 Å². The van der Waals surface area contributed by atoms with Crippen LogP contribution in [0.15, 0.2) is 12.4 Å². The lowest BCUT2D eigenvalue weighted by Gasteiger charge is -2.36. The van der Waals surface area contributed by atoms with Crippen LogP contribution in [0, 0.1) is 0 Å². The molecule has 0 saturated carbocycles. The summed E-state index contributed by atoms with van der Waals surface area (Å²) in [5.74, 6) is -0.508. The van der Waals surface area contributed by atoms with E-state index in [-0.39, 0.29) is 0 Å². The second-order valence-electron chi connectivity index (χ2n) is 4.85. The Labute approximate surface area is 115 Å². The zero-order chi connectivity index (χ0) is 14.7. The van der Waals surface area contributed by atoms with Gasteiger partial charge >= 0.3 is 12.5 Å². The number of aromatic nitrogens is 2. The van der Waals surface area contributed by atoms with Gasteiger partial charge in [0.25, 0.3) is 0 Å². The van der Waals surface area contributed by atoms with E-state index in [1.165, 1.54) is 12.4 Å². The summed E-state index contributed by atoms with van der Waals surface area (Å²) in [6.45, 7) is 1.95. The van der Waals surface area contributed by atoms with E-state index < -0.39 is 18.6 Å². The van der Waals surface area contributed by atoms with Crippen LogP contribution < -0.4 is 0 Å². The van der Waals surface area contributed by atoms with E-state index in [0.717, 1.165) is 4.57 Å². The van der Waals surface area contributed by atoms with Gasteiger partial charge < -0.3 is 5.11 Å². The molecule has 0 radical (unpaired) electrons. The zero-order valence-corrected chi connectivity index (χ0v) is 11.2. The largest absolute Gasteiger partial charge is 0.480 e. The van der Waals surface area contributed by atoms with Crippen LogP contribution in [0.4, 0.5) is 8.78 Å². The Bertz CT molecular complexity index is 458. The highest BCUT2D eigenvalue weighted by molar-refractivity contribution is 5.72. The van der Waals surface area contributed by atoms with Gasteiger partial charge in [0, 0.05) is 38.6 Å². The lowest BCUT2D eigenvalue weighted by molar-refractivity contribution is -0.143. The monoisotopic (exact) mass is 288 g/mol. The van der Waals surface area contributed by atoms with Crippen molar-refractivity contribution in [3.63, 3.8) is 0 Å². The fourth-order valence-electron chi connectivity index (χ4n) is 2.31. The highest BCUT2D eigenvalue weighted by Gasteiger charge is 2.26. The molecule has 0 aliphatic carbocycles. The molecular formula is C12H18F2N4O2. The van der Waals surface area contributed by atoms with Crippen LogP contribution in [0.5, 0.6) is 0 Å². The number of hydrogen-bond donors (Lipinski definition) is 1. The number of carbonyl (C=O) groups is 1. The highest BCUT2D eigenvalue weighted by Crippen LogP contribution is 2.15. The minimum absolute atomic E-state index is 0.333. The van der Waals surface area contributed by atoms with Crippen LogP contribution in [-0.4, -0.2) is 62.6 Å². The Balaban J connectivity index is 1.88. The smallest absolute Gasteiger partial charge is 0.320 e. The van der Waals surface area contributed by atoms with Crippen molar-refractivity contribution in [2.24, 2.45) is 0 Å². The number of rotatable bonds is 5. The summed E-state index contributed by atoms with van der Waals surface area (Å²) in [5.41, 5.74) is 0. The molecule has 1 saturated heterocycles. The Morgan fingerprint density at radius 3 is 2.60 bits per heavy atom. The molecule has 1 aromatic rings. The Hall–Kier alpha value is -1.54. The Morgan fingerprint density at radius 2 is 2.05 bits per heavy atom. The first kappa shape index (κ1) is 14.9. The van der Waals surface area contributed by atoms with Gasteiger partial charge in [0.15, 0.2) is 0 Å². The van der Waals surface area contributed by atoms with Gasteiger partial charge in [-0.15, -0.1) is 0 Å². The summed E-state index contributed by atoms with van der Waals surface area (Å²) in [7, 11) is 0. The predicted octanol–water partition coefficient (Wildman–Crippen LogP) is 0.869. The minimum Gasteiger partial charge on any atom is -0.480 e.